The van der Waals surface area contributed by atoms with Crippen LogP contribution in [0.25, 0.3) is 0 Å². The average molecular weight is 335 g/mol. The van der Waals surface area contributed by atoms with Gasteiger partial charge in [-0.1, -0.05) is 13.8 Å². The number of nitrogens with one attached hydrogen (secondary N) is 2. The molecule has 5 nitrogen and oxygen atoms in total. The third-order valence-corrected chi connectivity index (χ3v) is 6.97. The Labute approximate surface area is 132 Å². The largest absolute Gasteiger partial charge is 0.464 e. The van der Waals surface area contributed by atoms with E-state index in [1.54, 1.807) is 31.8 Å². The summed E-state index contributed by atoms with van der Waals surface area (Å²) in [6, 6.07) is 1.59. The molecule has 0 unspecified atom stereocenters. The van der Waals surface area contributed by atoms with Crippen molar-refractivity contribution in [3.63, 3.8) is 0 Å². The van der Waals surface area contributed by atoms with E-state index in [-0.39, 0.29) is 9.64 Å². The molecule has 0 fully saturated rings. The Morgan fingerprint density at radius 1 is 1.33 bits per heavy atom. The van der Waals surface area contributed by atoms with Crippen LogP contribution in [-0.4, -0.2) is 33.0 Å². The summed E-state index contributed by atoms with van der Waals surface area (Å²) in [6.07, 6.45) is 3.86. The normalized spacial score (nSPS) is 12.8. The van der Waals surface area contributed by atoms with Gasteiger partial charge in [0, 0.05) is 17.4 Å². The number of hydrogen-bond donors (Lipinski definition) is 2. The Kier molecular flexibility index (Phi) is 6.77. The van der Waals surface area contributed by atoms with Gasteiger partial charge in [-0.15, -0.1) is 0 Å². The van der Waals surface area contributed by atoms with E-state index in [0.29, 0.717) is 24.6 Å². The molecule has 0 aliphatic rings. The summed E-state index contributed by atoms with van der Waals surface area (Å²) >= 11 is 1.71. The molecule has 2 N–H and O–H groups in total. The van der Waals surface area contributed by atoms with Gasteiger partial charge in [0.2, 0.25) is 10.0 Å². The summed E-state index contributed by atoms with van der Waals surface area (Å²) in [5.41, 5.74) is 0. The summed E-state index contributed by atoms with van der Waals surface area (Å²) < 4.78 is 33.1. The third-order valence-electron chi connectivity index (χ3n) is 3.87. The number of rotatable bonds is 9. The van der Waals surface area contributed by atoms with Crippen LogP contribution in [-0.2, 0) is 16.6 Å². The van der Waals surface area contributed by atoms with Gasteiger partial charge in [-0.3, -0.25) is 0 Å². The van der Waals surface area contributed by atoms with Crippen LogP contribution < -0.4 is 10.0 Å². The molecule has 1 heterocycles. The second-order valence-electron chi connectivity index (χ2n) is 5.08. The minimum absolute atomic E-state index is 0.0570. The van der Waals surface area contributed by atoms with Gasteiger partial charge in [0.05, 0.1) is 6.54 Å². The fraction of sp³-hybridized carbons (Fsp3) is 0.714. The zero-order chi connectivity index (χ0) is 16.1. The second kappa shape index (κ2) is 7.67. The van der Waals surface area contributed by atoms with E-state index in [1.165, 1.54) is 0 Å². The summed E-state index contributed by atoms with van der Waals surface area (Å²) in [6.45, 7) is 6.78. The van der Waals surface area contributed by atoms with E-state index < -0.39 is 10.0 Å². The predicted octanol–water partition coefficient (Wildman–Crippen LogP) is 2.51. The molecule has 0 aromatic carbocycles. The molecule has 122 valence electrons. The topological polar surface area (TPSA) is 71.3 Å². The molecule has 7 heteroatoms. The number of sulfonamides is 1. The quantitative estimate of drug-likeness (QED) is 0.726. The van der Waals surface area contributed by atoms with Crippen molar-refractivity contribution < 1.29 is 12.8 Å². The molecule has 1 aromatic heterocycles. The SMILES string of the molecule is CCC(CC)(CNS(=O)(=O)c1cc(CNC)oc1C)SC. The first-order valence-corrected chi connectivity index (χ1v) is 9.83. The molecule has 0 spiro atoms. The van der Waals surface area contributed by atoms with Gasteiger partial charge in [-0.2, -0.15) is 11.8 Å². The highest BCUT2D eigenvalue weighted by Gasteiger charge is 2.29. The molecule has 0 saturated heterocycles. The maximum absolute atomic E-state index is 12.5. The zero-order valence-electron chi connectivity index (χ0n) is 13.4. The van der Waals surface area contributed by atoms with Crippen molar-refractivity contribution in [1.82, 2.24) is 10.0 Å². The number of thioether (sulfide) groups is 1. The molecular weight excluding hydrogens is 308 g/mol. The summed E-state index contributed by atoms with van der Waals surface area (Å²) in [5.74, 6) is 1.05. The van der Waals surface area contributed by atoms with E-state index >= 15 is 0 Å². The molecule has 21 heavy (non-hydrogen) atoms. The molecule has 1 aromatic rings. The maximum atomic E-state index is 12.5. The highest BCUT2D eigenvalue weighted by atomic mass is 32.2. The second-order valence-corrected chi connectivity index (χ2v) is 8.09. The van der Waals surface area contributed by atoms with Crippen LogP contribution >= 0.6 is 11.8 Å². The van der Waals surface area contributed by atoms with Crippen LogP contribution in [0.1, 0.15) is 38.2 Å². The lowest BCUT2D eigenvalue weighted by atomic mass is 10.0. The van der Waals surface area contributed by atoms with Crippen LogP contribution in [0.4, 0.5) is 0 Å². The zero-order valence-corrected chi connectivity index (χ0v) is 15.1. The molecule has 0 aliphatic heterocycles. The minimum atomic E-state index is -3.54. The predicted molar refractivity (Wildman–Crippen MR) is 88.2 cm³/mol. The van der Waals surface area contributed by atoms with E-state index in [2.05, 4.69) is 23.9 Å². The van der Waals surface area contributed by atoms with Crippen LogP contribution in [0.3, 0.4) is 0 Å². The van der Waals surface area contributed by atoms with Gasteiger partial charge in [-0.25, -0.2) is 13.1 Å². The Balaban J connectivity index is 2.91. The standard InChI is InChI=1S/C14H26N2O3S2/c1-6-14(7-2,20-5)10-16-21(17,18)13-8-12(9-15-4)19-11(13)3/h8,15-16H,6-7,9-10H2,1-5H3. The van der Waals surface area contributed by atoms with Crippen molar-refractivity contribution in [2.45, 2.75) is 49.8 Å². The molecule has 0 atom stereocenters. The Morgan fingerprint density at radius 3 is 2.43 bits per heavy atom. The first kappa shape index (κ1) is 18.5. The highest BCUT2D eigenvalue weighted by Crippen LogP contribution is 2.30. The maximum Gasteiger partial charge on any atom is 0.244 e. The lowest BCUT2D eigenvalue weighted by molar-refractivity contribution is 0.465. The van der Waals surface area contributed by atoms with Crippen molar-refractivity contribution in [2.24, 2.45) is 0 Å². The van der Waals surface area contributed by atoms with Crippen LogP contribution in [0.5, 0.6) is 0 Å². The van der Waals surface area contributed by atoms with E-state index in [4.69, 9.17) is 4.42 Å². The monoisotopic (exact) mass is 334 g/mol. The van der Waals surface area contributed by atoms with Crippen molar-refractivity contribution >= 4 is 21.8 Å². The Bertz CT molecular complexity index is 540. The average Bonchev–Trinajstić information content (AvgIpc) is 2.83. The van der Waals surface area contributed by atoms with Crippen LogP contribution in [0.2, 0.25) is 0 Å². The fourth-order valence-corrected chi connectivity index (χ4v) is 4.43. The van der Waals surface area contributed by atoms with Crippen LogP contribution in [0, 0.1) is 6.92 Å². The lowest BCUT2D eigenvalue weighted by Crippen LogP contribution is -2.39. The van der Waals surface area contributed by atoms with Crippen molar-refractivity contribution in [3.8, 4) is 0 Å². The van der Waals surface area contributed by atoms with Crippen molar-refractivity contribution in [2.75, 3.05) is 19.8 Å². The molecular formula is C14H26N2O3S2. The summed E-state index contributed by atoms with van der Waals surface area (Å²) in [7, 11) is -1.75. The fourth-order valence-electron chi connectivity index (χ4n) is 2.22. The van der Waals surface area contributed by atoms with Crippen molar-refractivity contribution in [1.29, 1.82) is 0 Å². The first-order valence-electron chi connectivity index (χ1n) is 7.13. The number of hydrogen-bond acceptors (Lipinski definition) is 5. The molecule has 0 radical (unpaired) electrons. The van der Waals surface area contributed by atoms with E-state index in [1.807, 2.05) is 6.26 Å². The first-order chi connectivity index (χ1) is 9.84. The summed E-state index contributed by atoms with van der Waals surface area (Å²) in [5, 5.41) is 2.95. The van der Waals surface area contributed by atoms with Crippen molar-refractivity contribution in [3.05, 3.63) is 17.6 Å². The van der Waals surface area contributed by atoms with Gasteiger partial charge in [0.25, 0.3) is 0 Å². The molecule has 1 rings (SSSR count). The van der Waals surface area contributed by atoms with Gasteiger partial charge in [-0.05, 0) is 33.1 Å². The number of aryl methyl sites for hydroxylation is 1. The van der Waals surface area contributed by atoms with E-state index in [0.717, 1.165) is 12.8 Å². The van der Waals surface area contributed by atoms with Crippen LogP contribution in [0.15, 0.2) is 15.4 Å². The molecule has 0 saturated carbocycles. The number of furan rings is 1. The van der Waals surface area contributed by atoms with Gasteiger partial charge in [0.15, 0.2) is 0 Å². The lowest BCUT2D eigenvalue weighted by Gasteiger charge is -2.29. The molecule has 0 aliphatic carbocycles. The summed E-state index contributed by atoms with van der Waals surface area (Å²) in [4.78, 5) is 0.231. The van der Waals surface area contributed by atoms with E-state index in [9.17, 15) is 8.42 Å². The third kappa shape index (κ3) is 4.48. The Morgan fingerprint density at radius 2 is 1.95 bits per heavy atom. The van der Waals surface area contributed by atoms with Gasteiger partial charge in [0.1, 0.15) is 16.4 Å². The smallest absolute Gasteiger partial charge is 0.244 e. The minimum Gasteiger partial charge on any atom is -0.464 e. The van der Waals surface area contributed by atoms with Gasteiger partial charge < -0.3 is 9.73 Å². The Hall–Kier alpha value is -0.500. The van der Waals surface area contributed by atoms with Gasteiger partial charge >= 0.3 is 0 Å². The highest BCUT2D eigenvalue weighted by molar-refractivity contribution is 8.00. The molecule has 0 bridgehead atoms. The molecule has 0 amide bonds.